The molecular formula is C20H24N4O. The topological polar surface area (TPSA) is 62.5 Å². The number of rotatable bonds is 3. The summed E-state index contributed by atoms with van der Waals surface area (Å²) in [6, 6.07) is 14.4. The van der Waals surface area contributed by atoms with Crippen LogP contribution < -0.4 is 5.73 Å². The fourth-order valence-corrected chi connectivity index (χ4v) is 4.08. The number of fused-ring (bicyclic) bond motifs is 4. The third-order valence-electron chi connectivity index (χ3n) is 5.35. The Morgan fingerprint density at radius 3 is 2.76 bits per heavy atom. The van der Waals surface area contributed by atoms with Crippen LogP contribution >= 0.6 is 0 Å². The number of hydrogen-bond donors (Lipinski definition) is 1. The number of hydrogen-bond acceptors (Lipinski definition) is 4. The number of anilines is 1. The summed E-state index contributed by atoms with van der Waals surface area (Å²) >= 11 is 0. The predicted molar refractivity (Wildman–Crippen MR) is 97.9 cm³/mol. The highest BCUT2D eigenvalue weighted by Crippen LogP contribution is 2.29. The van der Waals surface area contributed by atoms with Crippen LogP contribution in [0.4, 0.5) is 5.69 Å². The van der Waals surface area contributed by atoms with Gasteiger partial charge < -0.3 is 10.6 Å². The van der Waals surface area contributed by atoms with E-state index in [1.54, 1.807) is 18.3 Å². The molecule has 0 saturated carbocycles. The van der Waals surface area contributed by atoms with Gasteiger partial charge in [0.25, 0.3) is 5.91 Å². The molecule has 2 aromatic rings. The number of nitrogen functional groups attached to an aromatic ring is 1. The molecule has 3 saturated heterocycles. The lowest BCUT2D eigenvalue weighted by atomic mass is 9.94. The Bertz CT molecular complexity index is 748. The largest absolute Gasteiger partial charge is 0.399 e. The molecule has 5 heteroatoms. The molecule has 2 bridgehead atoms. The van der Waals surface area contributed by atoms with E-state index in [-0.39, 0.29) is 5.91 Å². The summed E-state index contributed by atoms with van der Waals surface area (Å²) in [6.45, 7) is 3.62. The molecule has 3 aliphatic heterocycles. The van der Waals surface area contributed by atoms with Crippen molar-refractivity contribution in [3.8, 4) is 0 Å². The number of carbonyl (C=O) groups excluding carboxylic acids is 1. The standard InChI is InChI=1S/C20H24N4O/c21-17-8-9-22-19(10-17)20(25)24-13-16-6-7-18(14-24)23(12-16)11-15-4-2-1-3-5-15/h1-5,8-10,16,18H,6-7,11-14H2,(H2,21,22)/t16-,18-/m1/s1. The molecule has 1 aromatic heterocycles. The molecule has 1 aromatic carbocycles. The van der Waals surface area contributed by atoms with Gasteiger partial charge in [-0.05, 0) is 36.5 Å². The van der Waals surface area contributed by atoms with E-state index in [9.17, 15) is 4.79 Å². The molecule has 1 amide bonds. The molecule has 0 unspecified atom stereocenters. The van der Waals surface area contributed by atoms with Crippen LogP contribution in [-0.4, -0.2) is 46.4 Å². The fourth-order valence-electron chi connectivity index (χ4n) is 4.08. The van der Waals surface area contributed by atoms with Crippen molar-refractivity contribution in [2.45, 2.75) is 25.4 Å². The van der Waals surface area contributed by atoms with Gasteiger partial charge in [-0.15, -0.1) is 0 Å². The first kappa shape index (κ1) is 16.1. The van der Waals surface area contributed by atoms with Gasteiger partial charge in [-0.3, -0.25) is 14.7 Å². The Morgan fingerprint density at radius 2 is 1.96 bits per heavy atom. The van der Waals surface area contributed by atoms with Crippen LogP contribution in [0.15, 0.2) is 48.7 Å². The quantitative estimate of drug-likeness (QED) is 0.935. The van der Waals surface area contributed by atoms with E-state index in [2.05, 4.69) is 40.2 Å². The molecular weight excluding hydrogens is 312 g/mol. The van der Waals surface area contributed by atoms with Crippen molar-refractivity contribution in [2.75, 3.05) is 25.4 Å². The zero-order valence-electron chi connectivity index (χ0n) is 14.3. The predicted octanol–water partition coefficient (Wildman–Crippen LogP) is 2.40. The first-order chi connectivity index (χ1) is 12.2. The number of carbonyl (C=O) groups is 1. The van der Waals surface area contributed by atoms with Crippen LogP contribution in [0.2, 0.25) is 0 Å². The summed E-state index contributed by atoms with van der Waals surface area (Å²) in [5, 5.41) is 0. The van der Waals surface area contributed by atoms with Gasteiger partial charge in [-0.25, -0.2) is 0 Å². The Labute approximate surface area is 148 Å². The van der Waals surface area contributed by atoms with E-state index < -0.39 is 0 Å². The summed E-state index contributed by atoms with van der Waals surface area (Å²) in [4.78, 5) is 21.6. The number of amides is 1. The third-order valence-corrected chi connectivity index (χ3v) is 5.35. The highest BCUT2D eigenvalue weighted by atomic mass is 16.2. The maximum absolute atomic E-state index is 12.9. The van der Waals surface area contributed by atoms with Gasteiger partial charge in [0.1, 0.15) is 5.69 Å². The SMILES string of the molecule is Nc1ccnc(C(=O)N2C[C@@H]3CC[C@H](C2)N(Cc2ccccc2)C3)c1. The minimum atomic E-state index is 0.00533. The van der Waals surface area contributed by atoms with Gasteiger partial charge in [0.05, 0.1) is 0 Å². The van der Waals surface area contributed by atoms with Crippen LogP contribution in [0.25, 0.3) is 0 Å². The molecule has 3 fully saturated rings. The number of benzene rings is 1. The van der Waals surface area contributed by atoms with Crippen molar-refractivity contribution in [1.29, 1.82) is 0 Å². The van der Waals surface area contributed by atoms with E-state index in [0.717, 1.165) is 32.6 Å². The van der Waals surface area contributed by atoms with Gasteiger partial charge in [0.15, 0.2) is 0 Å². The number of nitrogens with zero attached hydrogens (tertiary/aromatic N) is 3. The molecule has 4 heterocycles. The molecule has 2 N–H and O–H groups in total. The molecule has 0 radical (unpaired) electrons. The van der Waals surface area contributed by atoms with E-state index >= 15 is 0 Å². The number of pyridine rings is 1. The van der Waals surface area contributed by atoms with Crippen molar-refractivity contribution < 1.29 is 4.79 Å². The zero-order valence-corrected chi connectivity index (χ0v) is 14.3. The normalized spacial score (nSPS) is 23.4. The number of piperidine rings is 1. The Balaban J connectivity index is 1.50. The maximum Gasteiger partial charge on any atom is 0.272 e. The summed E-state index contributed by atoms with van der Waals surface area (Å²) in [5.41, 5.74) is 8.19. The van der Waals surface area contributed by atoms with E-state index in [4.69, 9.17) is 5.73 Å². The van der Waals surface area contributed by atoms with Crippen molar-refractivity contribution in [1.82, 2.24) is 14.8 Å². The number of nitrogens with two attached hydrogens (primary N) is 1. The van der Waals surface area contributed by atoms with Crippen molar-refractivity contribution in [3.63, 3.8) is 0 Å². The molecule has 0 spiro atoms. The minimum absolute atomic E-state index is 0.00533. The lowest BCUT2D eigenvalue weighted by Crippen LogP contribution is -2.44. The van der Waals surface area contributed by atoms with Crippen LogP contribution in [-0.2, 0) is 6.54 Å². The summed E-state index contributed by atoms with van der Waals surface area (Å²) < 4.78 is 0. The highest BCUT2D eigenvalue weighted by Gasteiger charge is 2.36. The van der Waals surface area contributed by atoms with Gasteiger partial charge in [-0.1, -0.05) is 30.3 Å². The zero-order chi connectivity index (χ0) is 17.2. The van der Waals surface area contributed by atoms with E-state index in [1.807, 2.05) is 4.90 Å². The monoisotopic (exact) mass is 336 g/mol. The molecule has 5 nitrogen and oxygen atoms in total. The third kappa shape index (κ3) is 3.51. The lowest BCUT2D eigenvalue weighted by Gasteiger charge is -2.36. The van der Waals surface area contributed by atoms with Crippen molar-refractivity contribution in [2.24, 2.45) is 5.92 Å². The Kier molecular flexibility index (Phi) is 4.40. The average Bonchev–Trinajstić information content (AvgIpc) is 2.94. The Morgan fingerprint density at radius 1 is 1.12 bits per heavy atom. The molecule has 130 valence electrons. The molecule has 3 aliphatic rings. The number of aromatic nitrogens is 1. The molecule has 2 atom stereocenters. The molecule has 0 aliphatic carbocycles. The highest BCUT2D eigenvalue weighted by molar-refractivity contribution is 5.93. The van der Waals surface area contributed by atoms with Gasteiger partial charge in [0, 0.05) is 44.1 Å². The second kappa shape index (κ2) is 6.84. The van der Waals surface area contributed by atoms with Gasteiger partial charge in [0.2, 0.25) is 0 Å². The van der Waals surface area contributed by atoms with Crippen LogP contribution in [0.5, 0.6) is 0 Å². The summed E-state index contributed by atoms with van der Waals surface area (Å²) in [7, 11) is 0. The second-order valence-corrected chi connectivity index (χ2v) is 7.20. The second-order valence-electron chi connectivity index (χ2n) is 7.20. The summed E-state index contributed by atoms with van der Waals surface area (Å²) in [5.74, 6) is 0.540. The first-order valence-electron chi connectivity index (χ1n) is 8.98. The lowest BCUT2D eigenvalue weighted by molar-refractivity contribution is 0.0730. The van der Waals surface area contributed by atoms with E-state index in [0.29, 0.717) is 23.3 Å². The maximum atomic E-state index is 12.9. The van der Waals surface area contributed by atoms with Gasteiger partial charge >= 0.3 is 0 Å². The molecule has 25 heavy (non-hydrogen) atoms. The van der Waals surface area contributed by atoms with Crippen molar-refractivity contribution >= 4 is 11.6 Å². The smallest absolute Gasteiger partial charge is 0.272 e. The van der Waals surface area contributed by atoms with Crippen LogP contribution in [0, 0.1) is 5.92 Å². The van der Waals surface area contributed by atoms with Crippen LogP contribution in [0.1, 0.15) is 28.9 Å². The fraction of sp³-hybridized carbons (Fsp3) is 0.400. The molecule has 5 rings (SSSR count). The van der Waals surface area contributed by atoms with E-state index in [1.165, 1.54) is 12.0 Å². The average molecular weight is 336 g/mol. The minimum Gasteiger partial charge on any atom is -0.399 e. The van der Waals surface area contributed by atoms with Gasteiger partial charge in [-0.2, -0.15) is 0 Å². The van der Waals surface area contributed by atoms with Crippen molar-refractivity contribution in [3.05, 3.63) is 59.9 Å². The Hall–Kier alpha value is -2.40. The summed E-state index contributed by atoms with van der Waals surface area (Å²) in [6.07, 6.45) is 3.96. The van der Waals surface area contributed by atoms with Crippen LogP contribution in [0.3, 0.4) is 0 Å². The first-order valence-corrected chi connectivity index (χ1v) is 8.98.